The SMILES string of the molecule is CCC(NC)c1nnc(C(C)(C)S(C)(=O)=O)s1. The zero-order valence-corrected chi connectivity index (χ0v) is 12.4. The fourth-order valence-corrected chi connectivity index (χ4v) is 3.25. The van der Waals surface area contributed by atoms with Crippen molar-refractivity contribution in [3.05, 3.63) is 10.0 Å². The molecule has 0 aliphatic heterocycles. The molecule has 1 unspecified atom stereocenters. The van der Waals surface area contributed by atoms with E-state index in [4.69, 9.17) is 0 Å². The third kappa shape index (κ3) is 2.83. The summed E-state index contributed by atoms with van der Waals surface area (Å²) in [6.45, 7) is 5.36. The lowest BCUT2D eigenvalue weighted by molar-refractivity contribution is 0.556. The van der Waals surface area contributed by atoms with Crippen LogP contribution in [0.1, 0.15) is 43.2 Å². The Balaban J connectivity index is 3.11. The van der Waals surface area contributed by atoms with E-state index in [9.17, 15) is 8.42 Å². The maximum absolute atomic E-state index is 11.7. The van der Waals surface area contributed by atoms with Gasteiger partial charge in [-0.3, -0.25) is 0 Å². The second-order valence-electron chi connectivity index (χ2n) is 4.48. The zero-order valence-electron chi connectivity index (χ0n) is 10.8. The first-order valence-corrected chi connectivity index (χ1v) is 8.15. The van der Waals surface area contributed by atoms with Gasteiger partial charge in [0.2, 0.25) is 0 Å². The molecule has 0 saturated carbocycles. The molecule has 1 N–H and O–H groups in total. The Labute approximate surface area is 107 Å². The second-order valence-corrected chi connectivity index (χ2v) is 8.05. The standard InChI is InChI=1S/C10H19N3O2S2/c1-6-7(11-4)8-12-13-9(16-8)10(2,3)17(5,14)15/h7,11H,6H2,1-5H3. The lowest BCUT2D eigenvalue weighted by Gasteiger charge is -2.18. The van der Waals surface area contributed by atoms with E-state index in [0.717, 1.165) is 11.4 Å². The number of nitrogens with one attached hydrogen (secondary N) is 1. The van der Waals surface area contributed by atoms with Crippen LogP contribution < -0.4 is 5.32 Å². The van der Waals surface area contributed by atoms with Crippen molar-refractivity contribution in [3.63, 3.8) is 0 Å². The summed E-state index contributed by atoms with van der Waals surface area (Å²) < 4.78 is 22.4. The third-order valence-corrected chi connectivity index (χ3v) is 6.47. The molecule has 0 aliphatic rings. The molecule has 17 heavy (non-hydrogen) atoms. The number of aromatic nitrogens is 2. The molecule has 0 radical (unpaired) electrons. The van der Waals surface area contributed by atoms with Crippen molar-refractivity contribution >= 4 is 21.2 Å². The van der Waals surface area contributed by atoms with Crippen LogP contribution in [0.2, 0.25) is 0 Å². The predicted molar refractivity (Wildman–Crippen MR) is 69.9 cm³/mol. The predicted octanol–water partition coefficient (Wildman–Crippen LogP) is 1.49. The van der Waals surface area contributed by atoms with E-state index in [1.807, 2.05) is 14.0 Å². The van der Waals surface area contributed by atoms with Crippen LogP contribution >= 0.6 is 11.3 Å². The van der Waals surface area contributed by atoms with Gasteiger partial charge < -0.3 is 5.32 Å². The summed E-state index contributed by atoms with van der Waals surface area (Å²) in [4.78, 5) is 0. The maximum Gasteiger partial charge on any atom is 0.159 e. The Bertz CT molecular complexity index is 475. The van der Waals surface area contributed by atoms with E-state index in [-0.39, 0.29) is 6.04 Å². The Hall–Kier alpha value is -0.530. The minimum absolute atomic E-state index is 0.136. The van der Waals surface area contributed by atoms with Gasteiger partial charge in [-0.2, -0.15) is 0 Å². The molecule has 1 aromatic heterocycles. The molecule has 0 aliphatic carbocycles. The van der Waals surface area contributed by atoms with Crippen LogP contribution in [0, 0.1) is 0 Å². The molecule has 5 nitrogen and oxygen atoms in total. The van der Waals surface area contributed by atoms with E-state index < -0.39 is 14.6 Å². The normalized spacial score (nSPS) is 14.9. The van der Waals surface area contributed by atoms with Gasteiger partial charge in [0.05, 0.1) is 6.04 Å². The molecule has 1 aromatic rings. The van der Waals surface area contributed by atoms with Gasteiger partial charge in [0.25, 0.3) is 0 Å². The number of sulfone groups is 1. The van der Waals surface area contributed by atoms with E-state index in [0.29, 0.717) is 5.01 Å². The molecule has 1 atom stereocenters. The fraction of sp³-hybridized carbons (Fsp3) is 0.800. The Morgan fingerprint density at radius 3 is 2.41 bits per heavy atom. The molecule has 7 heteroatoms. The Kier molecular flexibility index (Phi) is 4.27. The smallest absolute Gasteiger partial charge is 0.159 e. The van der Waals surface area contributed by atoms with Gasteiger partial charge in [-0.05, 0) is 27.3 Å². The molecule has 98 valence electrons. The molecule has 0 amide bonds. The number of hydrogen-bond donors (Lipinski definition) is 1. The van der Waals surface area contributed by atoms with Gasteiger partial charge in [-0.25, -0.2) is 8.42 Å². The van der Waals surface area contributed by atoms with Crippen molar-refractivity contribution in [2.24, 2.45) is 0 Å². The molecule has 0 aromatic carbocycles. The van der Waals surface area contributed by atoms with Crippen LogP contribution in [0.4, 0.5) is 0 Å². The molecular weight excluding hydrogens is 258 g/mol. The van der Waals surface area contributed by atoms with Crippen LogP contribution in [0.15, 0.2) is 0 Å². The summed E-state index contributed by atoms with van der Waals surface area (Å²) in [6.07, 6.45) is 2.12. The highest BCUT2D eigenvalue weighted by molar-refractivity contribution is 7.91. The first-order valence-electron chi connectivity index (χ1n) is 5.44. The maximum atomic E-state index is 11.7. The van der Waals surface area contributed by atoms with Crippen molar-refractivity contribution in [2.45, 2.75) is 38.0 Å². The van der Waals surface area contributed by atoms with E-state index in [1.165, 1.54) is 17.6 Å². The minimum Gasteiger partial charge on any atom is -0.311 e. The highest BCUT2D eigenvalue weighted by atomic mass is 32.2. The molecule has 0 saturated heterocycles. The summed E-state index contributed by atoms with van der Waals surface area (Å²) in [5, 5.41) is 12.6. The first-order chi connectivity index (χ1) is 7.74. The molecule has 1 rings (SSSR count). The van der Waals surface area contributed by atoms with E-state index >= 15 is 0 Å². The number of nitrogens with zero attached hydrogens (tertiary/aromatic N) is 2. The lowest BCUT2D eigenvalue weighted by Crippen LogP contribution is -2.27. The molecule has 0 spiro atoms. The summed E-state index contributed by atoms with van der Waals surface area (Å²) in [5.74, 6) is 0. The van der Waals surface area contributed by atoms with Gasteiger partial charge >= 0.3 is 0 Å². The lowest BCUT2D eigenvalue weighted by atomic mass is 10.2. The second kappa shape index (κ2) is 4.99. The zero-order chi connectivity index (χ0) is 13.3. The van der Waals surface area contributed by atoms with Gasteiger partial charge in [0.15, 0.2) is 9.84 Å². The van der Waals surface area contributed by atoms with Crippen LogP contribution in [-0.2, 0) is 14.6 Å². The number of rotatable bonds is 5. The monoisotopic (exact) mass is 277 g/mol. The van der Waals surface area contributed by atoms with Crippen molar-refractivity contribution in [1.29, 1.82) is 0 Å². The van der Waals surface area contributed by atoms with Gasteiger partial charge in [-0.1, -0.05) is 18.3 Å². The van der Waals surface area contributed by atoms with Crippen LogP contribution in [0.25, 0.3) is 0 Å². The van der Waals surface area contributed by atoms with Gasteiger partial charge in [0, 0.05) is 6.26 Å². The van der Waals surface area contributed by atoms with Crippen molar-refractivity contribution in [3.8, 4) is 0 Å². The quantitative estimate of drug-likeness (QED) is 0.883. The third-order valence-electron chi connectivity index (χ3n) is 2.94. The highest BCUT2D eigenvalue weighted by Gasteiger charge is 2.36. The summed E-state index contributed by atoms with van der Waals surface area (Å²) in [7, 11) is -1.34. The van der Waals surface area contributed by atoms with Crippen LogP contribution in [-0.4, -0.2) is 31.9 Å². The molecule has 0 bridgehead atoms. The summed E-state index contributed by atoms with van der Waals surface area (Å²) in [6, 6.07) is 0.136. The Morgan fingerprint density at radius 2 is 2.00 bits per heavy atom. The average molecular weight is 277 g/mol. The van der Waals surface area contributed by atoms with E-state index in [2.05, 4.69) is 15.5 Å². The summed E-state index contributed by atoms with van der Waals surface area (Å²) in [5.41, 5.74) is 0. The first kappa shape index (κ1) is 14.5. The van der Waals surface area contributed by atoms with Crippen molar-refractivity contribution in [1.82, 2.24) is 15.5 Å². The molecular formula is C10H19N3O2S2. The van der Waals surface area contributed by atoms with E-state index in [1.54, 1.807) is 13.8 Å². The average Bonchev–Trinajstić information content (AvgIpc) is 2.67. The minimum atomic E-state index is -3.19. The Morgan fingerprint density at radius 1 is 1.41 bits per heavy atom. The topological polar surface area (TPSA) is 72.0 Å². The van der Waals surface area contributed by atoms with Gasteiger partial charge in [-0.15, -0.1) is 10.2 Å². The highest BCUT2D eigenvalue weighted by Crippen LogP contribution is 2.33. The fourth-order valence-electron chi connectivity index (χ4n) is 1.28. The summed E-state index contributed by atoms with van der Waals surface area (Å²) >= 11 is 1.36. The van der Waals surface area contributed by atoms with Crippen molar-refractivity contribution < 1.29 is 8.42 Å². The molecule has 1 heterocycles. The largest absolute Gasteiger partial charge is 0.311 e. The van der Waals surface area contributed by atoms with Crippen LogP contribution in [0.5, 0.6) is 0 Å². The van der Waals surface area contributed by atoms with Crippen LogP contribution in [0.3, 0.4) is 0 Å². The van der Waals surface area contributed by atoms with Gasteiger partial charge in [0.1, 0.15) is 14.8 Å². The number of hydrogen-bond acceptors (Lipinski definition) is 6. The molecule has 0 fully saturated rings. The van der Waals surface area contributed by atoms with Crippen molar-refractivity contribution in [2.75, 3.05) is 13.3 Å².